The molecule has 0 fully saturated rings. The van der Waals surface area contributed by atoms with Crippen LogP contribution in [-0.4, -0.2) is 40.8 Å². The predicted molar refractivity (Wildman–Crippen MR) is 85.7 cm³/mol. The Morgan fingerprint density at radius 3 is 2.65 bits per heavy atom. The normalized spacial score (nSPS) is 15.2. The molecule has 0 saturated heterocycles. The van der Waals surface area contributed by atoms with Crippen molar-refractivity contribution in [1.29, 1.82) is 0 Å². The van der Waals surface area contributed by atoms with Gasteiger partial charge in [-0.1, -0.05) is 17.5 Å². The van der Waals surface area contributed by atoms with Crippen LogP contribution < -0.4 is 10.2 Å². The summed E-state index contributed by atoms with van der Waals surface area (Å²) in [5, 5.41) is 21.4. The molecule has 2 unspecified atom stereocenters. The quantitative estimate of drug-likeness (QED) is 0.285. The fourth-order valence-electron chi connectivity index (χ4n) is 1.66. The van der Waals surface area contributed by atoms with E-state index in [-0.39, 0.29) is 23.6 Å². The molecule has 11 heteroatoms. The van der Waals surface area contributed by atoms with Crippen LogP contribution in [0.5, 0.6) is 5.75 Å². The zero-order valence-corrected chi connectivity index (χ0v) is 13.9. The van der Waals surface area contributed by atoms with Crippen LogP contribution >= 0.6 is 11.6 Å². The zero-order valence-electron chi connectivity index (χ0n) is 13.1. The van der Waals surface area contributed by atoms with Gasteiger partial charge in [0.2, 0.25) is 5.60 Å². The summed E-state index contributed by atoms with van der Waals surface area (Å²) in [5.41, 5.74) is -2.29. The first-order chi connectivity index (χ1) is 11.9. The molecule has 0 saturated carbocycles. The minimum absolute atomic E-state index is 0.0614. The van der Waals surface area contributed by atoms with E-state index < -0.39 is 35.2 Å². The maximum Gasteiger partial charge on any atom is 0.423 e. The second kappa shape index (κ2) is 8.25. The van der Waals surface area contributed by atoms with Crippen molar-refractivity contribution in [2.24, 2.45) is 11.0 Å². The van der Waals surface area contributed by atoms with Gasteiger partial charge < -0.3 is 14.9 Å². The van der Waals surface area contributed by atoms with E-state index in [0.29, 0.717) is 6.92 Å². The second-order valence-corrected chi connectivity index (χ2v) is 5.42. The lowest BCUT2D eigenvalue weighted by molar-refractivity contribution is -0.245. The van der Waals surface area contributed by atoms with E-state index in [9.17, 15) is 27.5 Å². The molecule has 2 atom stereocenters. The van der Waals surface area contributed by atoms with Gasteiger partial charge in [-0.25, -0.2) is 4.39 Å². The van der Waals surface area contributed by atoms with Gasteiger partial charge in [0.25, 0.3) is 0 Å². The number of anilines is 1. The number of halogens is 5. The SMILES string of the molecule is C#CCOc1cc(N/N=C\C(O)(C(C)C(=O)O)C(F)(F)F)c(F)cc1Cl. The van der Waals surface area contributed by atoms with Crippen molar-refractivity contribution in [2.45, 2.75) is 18.7 Å². The van der Waals surface area contributed by atoms with Crippen molar-refractivity contribution in [1.82, 2.24) is 0 Å². The van der Waals surface area contributed by atoms with Crippen LogP contribution in [0.4, 0.5) is 23.2 Å². The van der Waals surface area contributed by atoms with Gasteiger partial charge in [-0.15, -0.1) is 6.42 Å². The van der Waals surface area contributed by atoms with E-state index in [1.807, 2.05) is 5.43 Å². The number of rotatable bonds is 7. The van der Waals surface area contributed by atoms with Crippen molar-refractivity contribution in [3.05, 3.63) is 23.0 Å². The highest BCUT2D eigenvalue weighted by molar-refractivity contribution is 6.32. The molecule has 0 heterocycles. The average Bonchev–Trinajstić information content (AvgIpc) is 2.53. The minimum atomic E-state index is -5.34. The summed E-state index contributed by atoms with van der Waals surface area (Å²) >= 11 is 5.73. The molecule has 0 amide bonds. The number of aliphatic carboxylic acids is 1. The third kappa shape index (κ3) is 4.77. The number of terminal acetylenes is 1. The number of carbonyl (C=O) groups is 1. The minimum Gasteiger partial charge on any atom is -0.481 e. The molecule has 0 radical (unpaired) electrons. The Balaban J connectivity index is 3.12. The molecule has 0 bridgehead atoms. The van der Waals surface area contributed by atoms with Crippen LogP contribution in [0, 0.1) is 24.1 Å². The topological polar surface area (TPSA) is 91.1 Å². The number of alkyl halides is 3. The number of nitrogens with zero attached hydrogens (tertiary/aromatic N) is 1. The molecule has 0 aliphatic heterocycles. The number of benzene rings is 1. The van der Waals surface area contributed by atoms with Crippen molar-refractivity contribution < 1.29 is 37.3 Å². The number of carboxylic acid groups (broad SMARTS) is 1. The van der Waals surface area contributed by atoms with Gasteiger partial charge in [0.1, 0.15) is 18.2 Å². The number of carboxylic acids is 1. The molecule has 0 aliphatic rings. The average molecular weight is 397 g/mol. The summed E-state index contributed by atoms with van der Waals surface area (Å²) in [5.74, 6) is -3.07. The summed E-state index contributed by atoms with van der Waals surface area (Å²) in [6, 6.07) is 1.79. The largest absolute Gasteiger partial charge is 0.481 e. The fourth-order valence-corrected chi connectivity index (χ4v) is 1.87. The molecule has 1 rings (SSSR count). The third-order valence-electron chi connectivity index (χ3n) is 3.26. The van der Waals surface area contributed by atoms with Crippen LogP contribution in [0.2, 0.25) is 5.02 Å². The molecular weight excluding hydrogens is 384 g/mol. The van der Waals surface area contributed by atoms with E-state index in [4.69, 9.17) is 27.9 Å². The Labute approximate surface area is 150 Å². The molecule has 6 nitrogen and oxygen atoms in total. The van der Waals surface area contributed by atoms with Gasteiger partial charge in [0.05, 0.1) is 22.8 Å². The van der Waals surface area contributed by atoms with E-state index in [1.165, 1.54) is 0 Å². The lowest BCUT2D eigenvalue weighted by atomic mass is 9.89. The Kier molecular flexibility index (Phi) is 6.83. The van der Waals surface area contributed by atoms with E-state index >= 15 is 0 Å². The van der Waals surface area contributed by atoms with Crippen LogP contribution in [0.1, 0.15) is 6.92 Å². The molecule has 0 aromatic heterocycles. The fraction of sp³-hybridized carbons (Fsp3) is 0.333. The standard InChI is InChI=1S/C15H13ClF4N2O4/c1-3-4-26-12-6-11(10(17)5-9(12)16)22-21-7-14(25,15(18,19)20)8(2)13(23)24/h1,5-8,22,25H,4H2,2H3,(H,23,24)/b21-7-. The van der Waals surface area contributed by atoms with Crippen molar-refractivity contribution in [2.75, 3.05) is 12.0 Å². The molecule has 0 aliphatic carbocycles. The van der Waals surface area contributed by atoms with E-state index in [2.05, 4.69) is 11.0 Å². The summed E-state index contributed by atoms with van der Waals surface area (Å²) < 4.78 is 57.9. The highest BCUT2D eigenvalue weighted by Gasteiger charge is 2.58. The molecule has 26 heavy (non-hydrogen) atoms. The van der Waals surface area contributed by atoms with E-state index in [1.54, 1.807) is 0 Å². The highest BCUT2D eigenvalue weighted by atomic mass is 35.5. The third-order valence-corrected chi connectivity index (χ3v) is 3.56. The first-order valence-corrected chi connectivity index (χ1v) is 7.19. The van der Waals surface area contributed by atoms with Gasteiger partial charge in [0, 0.05) is 6.07 Å². The Morgan fingerprint density at radius 2 is 2.15 bits per heavy atom. The van der Waals surface area contributed by atoms with Crippen LogP contribution in [0.3, 0.4) is 0 Å². The Bertz CT molecular complexity index is 748. The maximum atomic E-state index is 13.8. The first kappa shape index (κ1) is 21.5. The highest BCUT2D eigenvalue weighted by Crippen LogP contribution is 2.35. The van der Waals surface area contributed by atoms with Gasteiger partial charge in [-0.3, -0.25) is 10.2 Å². The molecule has 1 aromatic carbocycles. The van der Waals surface area contributed by atoms with Crippen molar-refractivity contribution >= 4 is 29.5 Å². The summed E-state index contributed by atoms with van der Waals surface area (Å²) in [6.45, 7) is 0.453. The molecular formula is C15H13ClF4N2O4. The molecule has 3 N–H and O–H groups in total. The smallest absolute Gasteiger partial charge is 0.423 e. The second-order valence-electron chi connectivity index (χ2n) is 5.01. The summed E-state index contributed by atoms with van der Waals surface area (Å²) in [7, 11) is 0. The number of nitrogens with one attached hydrogen (secondary N) is 1. The number of aliphatic hydroxyl groups is 1. The Hall–Kier alpha value is -2.51. The van der Waals surface area contributed by atoms with Gasteiger partial charge in [-0.2, -0.15) is 18.3 Å². The first-order valence-electron chi connectivity index (χ1n) is 6.81. The predicted octanol–water partition coefficient (Wildman–Crippen LogP) is 2.90. The lowest BCUT2D eigenvalue weighted by Crippen LogP contribution is -2.54. The molecule has 142 valence electrons. The summed E-state index contributed by atoms with van der Waals surface area (Å²) in [4.78, 5) is 10.8. The number of hydrogen-bond donors (Lipinski definition) is 3. The van der Waals surface area contributed by atoms with Gasteiger partial charge >= 0.3 is 12.1 Å². The molecule has 0 spiro atoms. The van der Waals surface area contributed by atoms with Crippen LogP contribution in [0.15, 0.2) is 17.2 Å². The number of hydrogen-bond acceptors (Lipinski definition) is 5. The number of ether oxygens (including phenoxy) is 1. The maximum absolute atomic E-state index is 13.8. The van der Waals surface area contributed by atoms with Crippen molar-refractivity contribution in [3.8, 4) is 18.1 Å². The van der Waals surface area contributed by atoms with Gasteiger partial charge in [0.15, 0.2) is 0 Å². The number of hydrazone groups is 1. The van der Waals surface area contributed by atoms with Crippen molar-refractivity contribution in [3.63, 3.8) is 0 Å². The zero-order chi connectivity index (χ0) is 20.1. The van der Waals surface area contributed by atoms with Crippen LogP contribution in [-0.2, 0) is 4.79 Å². The lowest BCUT2D eigenvalue weighted by Gasteiger charge is -2.29. The Morgan fingerprint density at radius 1 is 1.54 bits per heavy atom. The summed E-state index contributed by atoms with van der Waals surface area (Å²) in [6.07, 6.45) is -0.403. The monoisotopic (exact) mass is 396 g/mol. The van der Waals surface area contributed by atoms with Gasteiger partial charge in [-0.05, 0) is 13.0 Å². The molecule has 1 aromatic rings. The van der Waals surface area contributed by atoms with Crippen LogP contribution in [0.25, 0.3) is 0 Å². The van der Waals surface area contributed by atoms with E-state index in [0.717, 1.165) is 12.1 Å².